The lowest BCUT2D eigenvalue weighted by molar-refractivity contribution is 0.0996. The molecule has 7 heteroatoms. The Labute approximate surface area is 143 Å². The van der Waals surface area contributed by atoms with Crippen LogP contribution in [0.4, 0.5) is 5.69 Å². The van der Waals surface area contributed by atoms with E-state index >= 15 is 0 Å². The van der Waals surface area contributed by atoms with E-state index < -0.39 is 5.91 Å². The van der Waals surface area contributed by atoms with Crippen LogP contribution in [-0.2, 0) is 7.05 Å². The molecule has 2 heterocycles. The van der Waals surface area contributed by atoms with E-state index in [0.717, 1.165) is 27.6 Å². The predicted molar refractivity (Wildman–Crippen MR) is 96.9 cm³/mol. The zero-order valence-electron chi connectivity index (χ0n) is 13.8. The summed E-state index contributed by atoms with van der Waals surface area (Å²) in [7, 11) is 1.89. The topological polar surface area (TPSA) is 113 Å². The van der Waals surface area contributed by atoms with Crippen LogP contribution in [0, 0.1) is 6.92 Å². The van der Waals surface area contributed by atoms with E-state index in [1.54, 1.807) is 4.68 Å². The first-order valence-electron chi connectivity index (χ1n) is 7.75. The van der Waals surface area contributed by atoms with E-state index in [0.29, 0.717) is 10.9 Å². The van der Waals surface area contributed by atoms with E-state index in [2.05, 4.69) is 15.3 Å². The molecule has 0 fully saturated rings. The van der Waals surface area contributed by atoms with Gasteiger partial charge in [-0.05, 0) is 24.1 Å². The Hall–Kier alpha value is -3.48. The van der Waals surface area contributed by atoms with Crippen LogP contribution in [0.3, 0.4) is 0 Å². The third-order valence-electron chi connectivity index (χ3n) is 4.33. The average molecular weight is 332 g/mol. The summed E-state index contributed by atoms with van der Waals surface area (Å²) in [4.78, 5) is 11.5. The van der Waals surface area contributed by atoms with Crippen LogP contribution in [0.25, 0.3) is 32.9 Å². The quantitative estimate of drug-likeness (QED) is 0.584. The Morgan fingerprint density at radius 1 is 1.16 bits per heavy atom. The van der Waals surface area contributed by atoms with E-state index in [4.69, 9.17) is 11.5 Å². The van der Waals surface area contributed by atoms with Crippen molar-refractivity contribution in [2.24, 2.45) is 12.8 Å². The maximum absolute atomic E-state index is 11.5. The van der Waals surface area contributed by atoms with Gasteiger partial charge in [0.25, 0.3) is 5.91 Å². The van der Waals surface area contributed by atoms with Crippen molar-refractivity contribution < 1.29 is 4.79 Å². The third kappa shape index (κ3) is 2.28. The summed E-state index contributed by atoms with van der Waals surface area (Å²) < 4.78 is 1.78. The predicted octanol–water partition coefficient (Wildman–Crippen LogP) is 2.17. The number of fused-ring (bicyclic) bond motifs is 2. The maximum Gasteiger partial charge on any atom is 0.271 e. The number of nitrogens with two attached hydrogens (primary N) is 2. The maximum atomic E-state index is 11.5. The summed E-state index contributed by atoms with van der Waals surface area (Å²) >= 11 is 0. The van der Waals surface area contributed by atoms with E-state index in [1.807, 2.05) is 50.5 Å². The molecule has 0 radical (unpaired) electrons. The second-order valence-electron chi connectivity index (χ2n) is 6.06. The fraction of sp³-hybridized carbons (Fsp3) is 0.111. The number of nitrogen functional groups attached to an aromatic ring is 1. The molecule has 2 aromatic carbocycles. The Balaban J connectivity index is 2.03. The first kappa shape index (κ1) is 15.1. The summed E-state index contributed by atoms with van der Waals surface area (Å²) in [6.45, 7) is 2.00. The molecule has 0 atom stereocenters. The van der Waals surface area contributed by atoms with Crippen molar-refractivity contribution in [3.8, 4) is 11.1 Å². The van der Waals surface area contributed by atoms with Gasteiger partial charge in [0.2, 0.25) is 0 Å². The molecule has 0 aliphatic rings. The minimum absolute atomic E-state index is 0.0116. The van der Waals surface area contributed by atoms with Crippen molar-refractivity contribution in [3.05, 3.63) is 47.8 Å². The molecule has 0 saturated heterocycles. The number of benzene rings is 2. The van der Waals surface area contributed by atoms with Gasteiger partial charge in [-0.2, -0.15) is 5.10 Å². The zero-order chi connectivity index (χ0) is 17.7. The van der Waals surface area contributed by atoms with Gasteiger partial charge in [-0.1, -0.05) is 24.3 Å². The van der Waals surface area contributed by atoms with Gasteiger partial charge in [0.05, 0.1) is 11.2 Å². The summed E-state index contributed by atoms with van der Waals surface area (Å²) in [6.07, 6.45) is 1.96. The van der Waals surface area contributed by atoms with Crippen molar-refractivity contribution >= 4 is 33.4 Å². The molecule has 0 bridgehead atoms. The molecule has 7 nitrogen and oxygen atoms in total. The van der Waals surface area contributed by atoms with Crippen LogP contribution in [-0.4, -0.2) is 25.9 Å². The highest BCUT2D eigenvalue weighted by Crippen LogP contribution is 2.34. The number of rotatable bonds is 2. The van der Waals surface area contributed by atoms with Crippen molar-refractivity contribution in [1.82, 2.24) is 20.0 Å². The molecule has 4 aromatic rings. The Kier molecular flexibility index (Phi) is 3.18. The van der Waals surface area contributed by atoms with E-state index in [-0.39, 0.29) is 11.4 Å². The molecule has 4 N–H and O–H groups in total. The molecule has 4 rings (SSSR count). The van der Waals surface area contributed by atoms with Gasteiger partial charge in [-0.15, -0.1) is 10.2 Å². The number of carbonyl (C=O) groups is 1. The number of anilines is 1. The zero-order valence-corrected chi connectivity index (χ0v) is 13.8. The van der Waals surface area contributed by atoms with Crippen molar-refractivity contribution in [3.63, 3.8) is 0 Å². The molecule has 1 amide bonds. The molecular formula is C18H16N6O. The summed E-state index contributed by atoms with van der Waals surface area (Å²) in [5, 5.41) is 14.3. The molecule has 0 spiro atoms. The molecule has 124 valence electrons. The molecule has 2 aromatic heterocycles. The van der Waals surface area contributed by atoms with Gasteiger partial charge in [0.1, 0.15) is 5.52 Å². The lowest BCUT2D eigenvalue weighted by atomic mass is 9.96. The molecule has 0 aliphatic carbocycles. The number of amides is 1. The van der Waals surface area contributed by atoms with Crippen molar-refractivity contribution in [2.45, 2.75) is 6.92 Å². The lowest BCUT2D eigenvalue weighted by Gasteiger charge is -2.12. The third-order valence-corrected chi connectivity index (χ3v) is 4.33. The van der Waals surface area contributed by atoms with Crippen LogP contribution < -0.4 is 11.5 Å². The highest BCUT2D eigenvalue weighted by molar-refractivity contribution is 6.08. The minimum atomic E-state index is -0.691. The average Bonchev–Trinajstić information content (AvgIpc) is 2.93. The van der Waals surface area contributed by atoms with Gasteiger partial charge >= 0.3 is 0 Å². The number of nitrogens with zero attached hydrogens (tertiary/aromatic N) is 4. The molecule has 0 unspecified atom stereocenters. The van der Waals surface area contributed by atoms with E-state index in [9.17, 15) is 4.79 Å². The molecule has 0 saturated carbocycles. The number of primary amides is 1. The second-order valence-corrected chi connectivity index (χ2v) is 6.06. The van der Waals surface area contributed by atoms with Crippen LogP contribution in [0.5, 0.6) is 0 Å². The number of hydrogen-bond acceptors (Lipinski definition) is 5. The van der Waals surface area contributed by atoms with Crippen LogP contribution in [0.2, 0.25) is 0 Å². The standard InChI is InChI=1S/C18H16N6O/c1-9-3-6-12-15(19)17(18(20)25)22-21-16(12)14(9)10-4-5-11-8-24(2)23-13(11)7-10/h3-8H,1-2H3,(H2,19,21)(H2,20,25). The van der Waals surface area contributed by atoms with Gasteiger partial charge in [0.15, 0.2) is 5.69 Å². The Bertz CT molecular complexity index is 1160. The monoisotopic (exact) mass is 332 g/mol. The Morgan fingerprint density at radius 3 is 2.72 bits per heavy atom. The van der Waals surface area contributed by atoms with Gasteiger partial charge < -0.3 is 11.5 Å². The minimum Gasteiger partial charge on any atom is -0.396 e. The summed E-state index contributed by atoms with van der Waals surface area (Å²) in [5.74, 6) is -0.691. The molecule has 25 heavy (non-hydrogen) atoms. The summed E-state index contributed by atoms with van der Waals surface area (Å²) in [5.41, 5.74) is 16.1. The largest absolute Gasteiger partial charge is 0.396 e. The van der Waals surface area contributed by atoms with Crippen molar-refractivity contribution in [1.29, 1.82) is 0 Å². The fourth-order valence-electron chi connectivity index (χ4n) is 3.14. The second kappa shape index (κ2) is 5.27. The van der Waals surface area contributed by atoms with Gasteiger partial charge in [-0.3, -0.25) is 9.48 Å². The number of aryl methyl sites for hydroxylation is 2. The number of aromatic nitrogens is 4. The summed E-state index contributed by atoms with van der Waals surface area (Å²) in [6, 6.07) is 9.83. The van der Waals surface area contributed by atoms with Gasteiger partial charge in [0, 0.05) is 29.6 Å². The van der Waals surface area contributed by atoms with Crippen LogP contribution in [0.15, 0.2) is 36.5 Å². The highest BCUT2D eigenvalue weighted by Gasteiger charge is 2.17. The lowest BCUT2D eigenvalue weighted by Crippen LogP contribution is -2.16. The van der Waals surface area contributed by atoms with Crippen molar-refractivity contribution in [2.75, 3.05) is 5.73 Å². The van der Waals surface area contributed by atoms with Crippen LogP contribution in [0.1, 0.15) is 16.1 Å². The van der Waals surface area contributed by atoms with Crippen LogP contribution >= 0.6 is 0 Å². The first-order chi connectivity index (χ1) is 12.0. The highest BCUT2D eigenvalue weighted by atomic mass is 16.1. The first-order valence-corrected chi connectivity index (χ1v) is 7.75. The number of carbonyl (C=O) groups excluding carboxylic acids is 1. The normalized spacial score (nSPS) is 11.3. The molecule has 0 aliphatic heterocycles. The number of hydrogen-bond donors (Lipinski definition) is 2. The SMILES string of the molecule is Cc1ccc2c(N)c(C(N)=O)nnc2c1-c1ccc2cn(C)nc2c1. The smallest absolute Gasteiger partial charge is 0.271 e. The Morgan fingerprint density at radius 2 is 1.96 bits per heavy atom. The fourth-order valence-corrected chi connectivity index (χ4v) is 3.14. The van der Waals surface area contributed by atoms with Gasteiger partial charge in [-0.25, -0.2) is 0 Å². The van der Waals surface area contributed by atoms with E-state index in [1.165, 1.54) is 0 Å². The molecular weight excluding hydrogens is 316 g/mol.